The van der Waals surface area contributed by atoms with Crippen molar-refractivity contribution in [1.82, 2.24) is 9.97 Å². The summed E-state index contributed by atoms with van der Waals surface area (Å²) in [4.78, 5) is 8.58. The van der Waals surface area contributed by atoms with Gasteiger partial charge >= 0.3 is 0 Å². The zero-order valence-corrected chi connectivity index (χ0v) is 8.66. The molecule has 14 heavy (non-hydrogen) atoms. The number of nitrogens with one attached hydrogen (secondary N) is 1. The zero-order chi connectivity index (χ0) is 9.80. The smallest absolute Gasteiger partial charge is 0.222 e. The zero-order valence-electron chi connectivity index (χ0n) is 8.66. The van der Waals surface area contributed by atoms with Crippen molar-refractivity contribution in [3.05, 3.63) is 18.0 Å². The summed E-state index contributed by atoms with van der Waals surface area (Å²) in [6.07, 6.45) is 9.29. The Bertz CT molecular complexity index is 275. The Hall–Kier alpha value is -1.12. The van der Waals surface area contributed by atoms with Gasteiger partial charge in [-0.2, -0.15) is 0 Å². The summed E-state index contributed by atoms with van der Waals surface area (Å²) in [7, 11) is 0. The highest BCUT2D eigenvalue weighted by molar-refractivity contribution is 5.25. The fraction of sp³-hybridized carbons (Fsp3) is 0.636. The van der Waals surface area contributed by atoms with E-state index in [2.05, 4.69) is 15.3 Å². The van der Waals surface area contributed by atoms with Crippen molar-refractivity contribution in [1.29, 1.82) is 0 Å². The summed E-state index contributed by atoms with van der Waals surface area (Å²) in [6.45, 7) is 2.93. The van der Waals surface area contributed by atoms with E-state index >= 15 is 0 Å². The van der Waals surface area contributed by atoms with E-state index in [0.717, 1.165) is 12.5 Å². The van der Waals surface area contributed by atoms with Crippen LogP contribution in [0.4, 0.5) is 5.95 Å². The first kappa shape index (κ1) is 9.44. The number of aromatic nitrogens is 2. The molecule has 0 amide bonds. The van der Waals surface area contributed by atoms with E-state index in [1.165, 1.54) is 31.2 Å². The van der Waals surface area contributed by atoms with Gasteiger partial charge in [-0.25, -0.2) is 9.97 Å². The summed E-state index contributed by atoms with van der Waals surface area (Å²) in [6, 6.07) is 0. The molecule has 3 nitrogen and oxygen atoms in total. The Balaban J connectivity index is 2.05. The van der Waals surface area contributed by atoms with Crippen LogP contribution < -0.4 is 5.32 Å². The van der Waals surface area contributed by atoms with Crippen molar-refractivity contribution < 1.29 is 0 Å². The fourth-order valence-corrected chi connectivity index (χ4v) is 2.06. The quantitative estimate of drug-likeness (QED) is 0.798. The molecular formula is C11H17N3. The van der Waals surface area contributed by atoms with Crippen molar-refractivity contribution in [3.63, 3.8) is 0 Å². The lowest BCUT2D eigenvalue weighted by Crippen LogP contribution is -2.03. The van der Waals surface area contributed by atoms with Crippen LogP contribution in [0.25, 0.3) is 0 Å². The Labute approximate surface area is 85.0 Å². The Kier molecular flexibility index (Phi) is 2.96. The van der Waals surface area contributed by atoms with Crippen LogP contribution in [-0.2, 0) is 0 Å². The van der Waals surface area contributed by atoms with Gasteiger partial charge in [-0.3, -0.25) is 0 Å². The first-order valence-corrected chi connectivity index (χ1v) is 5.46. The topological polar surface area (TPSA) is 37.8 Å². The fourth-order valence-electron chi connectivity index (χ4n) is 2.06. The maximum Gasteiger partial charge on any atom is 0.222 e. The summed E-state index contributed by atoms with van der Waals surface area (Å²) in [5.41, 5.74) is 1.31. The van der Waals surface area contributed by atoms with E-state index in [1.807, 2.05) is 19.3 Å². The monoisotopic (exact) mass is 191 g/mol. The molecule has 1 fully saturated rings. The number of rotatable bonds is 3. The highest BCUT2D eigenvalue weighted by Crippen LogP contribution is 2.33. The SMILES string of the molecule is CCNc1ncc(C2CCCC2)cn1. The molecule has 0 unspecified atom stereocenters. The first-order chi connectivity index (χ1) is 6.90. The van der Waals surface area contributed by atoms with Crippen molar-refractivity contribution in [2.75, 3.05) is 11.9 Å². The molecule has 1 aromatic heterocycles. The molecule has 0 aliphatic heterocycles. The van der Waals surface area contributed by atoms with Gasteiger partial charge < -0.3 is 5.32 Å². The molecule has 0 saturated heterocycles. The second kappa shape index (κ2) is 4.40. The highest BCUT2D eigenvalue weighted by atomic mass is 15.1. The molecule has 0 atom stereocenters. The second-order valence-corrected chi connectivity index (χ2v) is 3.85. The molecule has 76 valence electrons. The van der Waals surface area contributed by atoms with Crippen LogP contribution in [0.15, 0.2) is 12.4 Å². The van der Waals surface area contributed by atoms with E-state index < -0.39 is 0 Å². The Morgan fingerprint density at radius 2 is 1.93 bits per heavy atom. The normalized spacial score (nSPS) is 17.2. The van der Waals surface area contributed by atoms with E-state index in [1.54, 1.807) is 0 Å². The average Bonchev–Trinajstić information content (AvgIpc) is 2.72. The van der Waals surface area contributed by atoms with Gasteiger partial charge in [0.05, 0.1) is 0 Å². The van der Waals surface area contributed by atoms with Gasteiger partial charge in [0, 0.05) is 18.9 Å². The summed E-state index contributed by atoms with van der Waals surface area (Å²) < 4.78 is 0. The van der Waals surface area contributed by atoms with Crippen LogP contribution in [0.5, 0.6) is 0 Å². The molecular weight excluding hydrogens is 174 g/mol. The lowest BCUT2D eigenvalue weighted by Gasteiger charge is -2.08. The predicted octanol–water partition coefficient (Wildman–Crippen LogP) is 2.57. The Morgan fingerprint density at radius 3 is 2.50 bits per heavy atom. The highest BCUT2D eigenvalue weighted by Gasteiger charge is 2.17. The van der Waals surface area contributed by atoms with Gasteiger partial charge in [-0.1, -0.05) is 12.8 Å². The van der Waals surface area contributed by atoms with Crippen LogP contribution in [-0.4, -0.2) is 16.5 Å². The number of anilines is 1. The summed E-state index contributed by atoms with van der Waals surface area (Å²) in [5.74, 6) is 1.46. The standard InChI is InChI=1S/C11H17N3/c1-2-12-11-13-7-10(8-14-11)9-5-3-4-6-9/h7-9H,2-6H2,1H3,(H,12,13,14). The third-order valence-electron chi connectivity index (χ3n) is 2.83. The minimum atomic E-state index is 0.714. The lowest BCUT2D eigenvalue weighted by molar-refractivity contribution is 0.714. The van der Waals surface area contributed by atoms with Crippen molar-refractivity contribution in [3.8, 4) is 0 Å². The van der Waals surface area contributed by atoms with Crippen LogP contribution >= 0.6 is 0 Å². The molecule has 0 bridgehead atoms. The second-order valence-electron chi connectivity index (χ2n) is 3.85. The summed E-state index contributed by atoms with van der Waals surface area (Å²) in [5, 5.41) is 3.10. The molecule has 2 rings (SSSR count). The predicted molar refractivity (Wildman–Crippen MR) is 57.4 cm³/mol. The van der Waals surface area contributed by atoms with Crippen LogP contribution in [0, 0.1) is 0 Å². The number of hydrogen-bond donors (Lipinski definition) is 1. The van der Waals surface area contributed by atoms with Gasteiger partial charge in [-0.05, 0) is 31.2 Å². The van der Waals surface area contributed by atoms with Gasteiger partial charge in [0.2, 0.25) is 5.95 Å². The first-order valence-electron chi connectivity index (χ1n) is 5.46. The third kappa shape index (κ3) is 2.03. The molecule has 0 spiro atoms. The van der Waals surface area contributed by atoms with Crippen LogP contribution in [0.1, 0.15) is 44.1 Å². The van der Waals surface area contributed by atoms with E-state index in [0.29, 0.717) is 5.92 Å². The molecule has 1 saturated carbocycles. The summed E-state index contributed by atoms with van der Waals surface area (Å²) >= 11 is 0. The minimum Gasteiger partial charge on any atom is -0.355 e. The van der Waals surface area contributed by atoms with Gasteiger partial charge in [0.25, 0.3) is 0 Å². The lowest BCUT2D eigenvalue weighted by atomic mass is 10.0. The maximum absolute atomic E-state index is 4.29. The third-order valence-corrected chi connectivity index (χ3v) is 2.83. The maximum atomic E-state index is 4.29. The molecule has 3 heteroatoms. The van der Waals surface area contributed by atoms with Crippen molar-refractivity contribution >= 4 is 5.95 Å². The molecule has 1 aromatic rings. The molecule has 0 radical (unpaired) electrons. The molecule has 1 heterocycles. The van der Waals surface area contributed by atoms with Crippen LogP contribution in [0.3, 0.4) is 0 Å². The van der Waals surface area contributed by atoms with E-state index in [-0.39, 0.29) is 0 Å². The van der Waals surface area contributed by atoms with Gasteiger partial charge in [-0.15, -0.1) is 0 Å². The van der Waals surface area contributed by atoms with E-state index in [4.69, 9.17) is 0 Å². The largest absolute Gasteiger partial charge is 0.355 e. The van der Waals surface area contributed by atoms with Gasteiger partial charge in [0.15, 0.2) is 0 Å². The Morgan fingerprint density at radius 1 is 1.29 bits per heavy atom. The van der Waals surface area contributed by atoms with Crippen LogP contribution in [0.2, 0.25) is 0 Å². The van der Waals surface area contributed by atoms with E-state index in [9.17, 15) is 0 Å². The number of nitrogens with zero attached hydrogens (tertiary/aromatic N) is 2. The average molecular weight is 191 g/mol. The van der Waals surface area contributed by atoms with Crippen molar-refractivity contribution in [2.24, 2.45) is 0 Å². The minimum absolute atomic E-state index is 0.714. The molecule has 1 aliphatic rings. The molecule has 1 N–H and O–H groups in total. The van der Waals surface area contributed by atoms with Crippen molar-refractivity contribution in [2.45, 2.75) is 38.5 Å². The number of hydrogen-bond acceptors (Lipinski definition) is 3. The molecule has 0 aromatic carbocycles. The van der Waals surface area contributed by atoms with Gasteiger partial charge in [0.1, 0.15) is 0 Å². The molecule has 1 aliphatic carbocycles.